The molecule has 0 saturated heterocycles. The van der Waals surface area contributed by atoms with Gasteiger partial charge in [0.25, 0.3) is 0 Å². The minimum absolute atomic E-state index is 0.0862. The van der Waals surface area contributed by atoms with Crippen molar-refractivity contribution in [2.24, 2.45) is 5.10 Å². The lowest BCUT2D eigenvalue weighted by Crippen LogP contribution is -2.39. The largest absolute Gasteiger partial charge is 0.497 e. The molecule has 0 bridgehead atoms. The quantitative estimate of drug-likeness (QED) is 0.846. The van der Waals surface area contributed by atoms with E-state index in [1.54, 1.807) is 14.2 Å². The Bertz CT molecular complexity index is 818. The van der Waals surface area contributed by atoms with E-state index in [1.807, 2.05) is 30.3 Å². The highest BCUT2D eigenvalue weighted by molar-refractivity contribution is 6.02. The minimum atomic E-state index is -0.0862. The summed E-state index contributed by atoms with van der Waals surface area (Å²) in [5.74, 6) is 2.47. The van der Waals surface area contributed by atoms with Crippen LogP contribution in [0.3, 0.4) is 0 Å². The van der Waals surface area contributed by atoms with E-state index in [9.17, 15) is 0 Å². The first-order chi connectivity index (χ1) is 12.2. The number of hydrogen-bond acceptors (Lipinski definition) is 5. The molecule has 5 nitrogen and oxygen atoms in total. The van der Waals surface area contributed by atoms with Gasteiger partial charge in [0, 0.05) is 24.0 Å². The molecule has 0 amide bonds. The molecule has 0 aliphatic carbocycles. The number of hydrogen-bond donors (Lipinski definition) is 0. The van der Waals surface area contributed by atoms with Crippen LogP contribution < -0.4 is 14.2 Å². The Labute approximate surface area is 147 Å². The SMILES string of the molecule is CC[C@H]1Oc2c(OC)cccc2[C@@H]2CC(c3cccc(OC)c3)=NN12. The van der Waals surface area contributed by atoms with Gasteiger partial charge in [-0.05, 0) is 18.2 Å². The molecule has 2 aromatic carbocycles. The average Bonchev–Trinajstić information content (AvgIpc) is 3.12. The Morgan fingerprint density at radius 2 is 2.00 bits per heavy atom. The molecule has 5 heteroatoms. The van der Waals surface area contributed by atoms with Crippen molar-refractivity contribution < 1.29 is 14.2 Å². The summed E-state index contributed by atoms with van der Waals surface area (Å²) < 4.78 is 17.1. The second-order valence-electron chi connectivity index (χ2n) is 6.24. The predicted octanol–water partition coefficient (Wildman–Crippen LogP) is 3.98. The summed E-state index contributed by atoms with van der Waals surface area (Å²) >= 11 is 0. The smallest absolute Gasteiger partial charge is 0.187 e. The Kier molecular flexibility index (Phi) is 3.99. The predicted molar refractivity (Wildman–Crippen MR) is 96.4 cm³/mol. The van der Waals surface area contributed by atoms with E-state index >= 15 is 0 Å². The maximum Gasteiger partial charge on any atom is 0.187 e. The van der Waals surface area contributed by atoms with Gasteiger partial charge in [-0.3, -0.25) is 5.01 Å². The van der Waals surface area contributed by atoms with Gasteiger partial charge >= 0.3 is 0 Å². The van der Waals surface area contributed by atoms with Crippen LogP contribution in [0, 0.1) is 0 Å². The average molecular weight is 338 g/mol. The standard InChI is InChI=1S/C20H22N2O3/c1-4-19-22-17(15-9-6-10-18(24-3)20(15)25-19)12-16(21-22)13-7-5-8-14(11-13)23-2/h5-11,17,19H,4,12H2,1-3H3/t17-,19+/m0/s1. The molecule has 0 fully saturated rings. The monoisotopic (exact) mass is 338 g/mol. The van der Waals surface area contributed by atoms with Crippen LogP contribution in [0.25, 0.3) is 0 Å². The summed E-state index contributed by atoms with van der Waals surface area (Å²) in [5, 5.41) is 6.98. The van der Waals surface area contributed by atoms with Crippen molar-refractivity contribution in [1.82, 2.24) is 5.01 Å². The molecule has 0 spiro atoms. The van der Waals surface area contributed by atoms with Crippen LogP contribution in [0.15, 0.2) is 47.6 Å². The van der Waals surface area contributed by atoms with Gasteiger partial charge in [-0.15, -0.1) is 0 Å². The van der Waals surface area contributed by atoms with Gasteiger partial charge in [-0.2, -0.15) is 5.10 Å². The maximum absolute atomic E-state index is 6.22. The molecule has 0 unspecified atom stereocenters. The minimum Gasteiger partial charge on any atom is -0.497 e. The van der Waals surface area contributed by atoms with Crippen molar-refractivity contribution in [2.75, 3.05) is 14.2 Å². The third-order valence-corrected chi connectivity index (χ3v) is 4.83. The number of methoxy groups -OCH3 is 2. The number of rotatable bonds is 4. The van der Waals surface area contributed by atoms with Crippen LogP contribution in [-0.4, -0.2) is 31.2 Å². The van der Waals surface area contributed by atoms with Crippen LogP contribution in [0.1, 0.15) is 36.9 Å². The molecule has 0 saturated carbocycles. The van der Waals surface area contributed by atoms with E-state index in [0.717, 1.165) is 46.9 Å². The Morgan fingerprint density at radius 3 is 2.76 bits per heavy atom. The summed E-state index contributed by atoms with van der Waals surface area (Å²) in [7, 11) is 3.36. The fraction of sp³-hybridized carbons (Fsp3) is 0.350. The van der Waals surface area contributed by atoms with E-state index in [4.69, 9.17) is 19.3 Å². The molecule has 25 heavy (non-hydrogen) atoms. The normalized spacial score (nSPS) is 21.1. The van der Waals surface area contributed by atoms with Crippen molar-refractivity contribution >= 4 is 5.71 Å². The molecule has 2 heterocycles. The summed E-state index contributed by atoms with van der Waals surface area (Å²) in [6, 6.07) is 14.3. The van der Waals surface area contributed by atoms with Gasteiger partial charge in [0.1, 0.15) is 5.75 Å². The van der Waals surface area contributed by atoms with Crippen LogP contribution >= 0.6 is 0 Å². The van der Waals surface area contributed by atoms with Crippen LogP contribution in [-0.2, 0) is 0 Å². The van der Waals surface area contributed by atoms with Crippen LogP contribution in [0.4, 0.5) is 0 Å². The van der Waals surface area contributed by atoms with E-state index < -0.39 is 0 Å². The number of hydrazone groups is 1. The molecule has 2 aliphatic heterocycles. The fourth-order valence-electron chi connectivity index (χ4n) is 3.56. The van der Waals surface area contributed by atoms with E-state index in [2.05, 4.69) is 24.1 Å². The van der Waals surface area contributed by atoms with Gasteiger partial charge in [-0.25, -0.2) is 0 Å². The molecule has 0 N–H and O–H groups in total. The summed E-state index contributed by atoms with van der Waals surface area (Å²) in [6.07, 6.45) is 1.60. The zero-order chi connectivity index (χ0) is 17.4. The first kappa shape index (κ1) is 15.8. The van der Waals surface area contributed by atoms with Crippen molar-refractivity contribution in [2.45, 2.75) is 32.0 Å². The Morgan fingerprint density at radius 1 is 1.16 bits per heavy atom. The summed E-state index contributed by atoms with van der Waals surface area (Å²) in [4.78, 5) is 0. The summed E-state index contributed by atoms with van der Waals surface area (Å²) in [6.45, 7) is 2.11. The van der Waals surface area contributed by atoms with Gasteiger partial charge in [0.15, 0.2) is 17.7 Å². The fourth-order valence-corrected chi connectivity index (χ4v) is 3.56. The highest BCUT2D eigenvalue weighted by Crippen LogP contribution is 2.47. The molecule has 130 valence electrons. The zero-order valence-electron chi connectivity index (χ0n) is 14.7. The first-order valence-electron chi connectivity index (χ1n) is 8.59. The van der Waals surface area contributed by atoms with Crippen LogP contribution in [0.5, 0.6) is 17.2 Å². The number of para-hydroxylation sites is 1. The van der Waals surface area contributed by atoms with Gasteiger partial charge < -0.3 is 14.2 Å². The van der Waals surface area contributed by atoms with Gasteiger partial charge in [0.2, 0.25) is 0 Å². The highest BCUT2D eigenvalue weighted by atomic mass is 16.5. The molecular formula is C20H22N2O3. The van der Waals surface area contributed by atoms with E-state index in [1.165, 1.54) is 0 Å². The van der Waals surface area contributed by atoms with E-state index in [0.29, 0.717) is 0 Å². The lowest BCUT2D eigenvalue weighted by molar-refractivity contribution is -0.0206. The van der Waals surface area contributed by atoms with E-state index in [-0.39, 0.29) is 12.3 Å². The second kappa shape index (κ2) is 6.31. The summed E-state index contributed by atoms with van der Waals surface area (Å²) in [5.41, 5.74) is 3.28. The molecule has 4 rings (SSSR count). The molecule has 0 radical (unpaired) electrons. The molecule has 2 atom stereocenters. The second-order valence-corrected chi connectivity index (χ2v) is 6.24. The lowest BCUT2D eigenvalue weighted by atomic mass is 9.96. The van der Waals surface area contributed by atoms with Crippen LogP contribution in [0.2, 0.25) is 0 Å². The molecule has 0 aromatic heterocycles. The number of benzene rings is 2. The number of fused-ring (bicyclic) bond motifs is 3. The maximum atomic E-state index is 6.22. The molecule has 2 aromatic rings. The van der Waals surface area contributed by atoms with Gasteiger partial charge in [-0.1, -0.05) is 31.2 Å². The zero-order valence-corrected chi connectivity index (χ0v) is 14.7. The highest BCUT2D eigenvalue weighted by Gasteiger charge is 2.40. The van der Waals surface area contributed by atoms with Crippen molar-refractivity contribution in [3.05, 3.63) is 53.6 Å². The third-order valence-electron chi connectivity index (χ3n) is 4.83. The van der Waals surface area contributed by atoms with Crippen molar-refractivity contribution in [3.8, 4) is 17.2 Å². The Balaban J connectivity index is 1.73. The lowest BCUT2D eigenvalue weighted by Gasteiger charge is -2.38. The first-order valence-corrected chi connectivity index (χ1v) is 8.59. The third kappa shape index (κ3) is 2.60. The van der Waals surface area contributed by atoms with Gasteiger partial charge in [0.05, 0.1) is 26.0 Å². The van der Waals surface area contributed by atoms with Crippen molar-refractivity contribution in [3.63, 3.8) is 0 Å². The topological polar surface area (TPSA) is 43.3 Å². The number of nitrogens with zero attached hydrogens (tertiary/aromatic N) is 2. The van der Waals surface area contributed by atoms with Crippen molar-refractivity contribution in [1.29, 1.82) is 0 Å². The Hall–Kier alpha value is -2.69. The number of ether oxygens (including phenoxy) is 3. The molecular weight excluding hydrogens is 316 g/mol. The molecule has 2 aliphatic rings.